The van der Waals surface area contributed by atoms with E-state index in [2.05, 4.69) is 0 Å². The molecule has 0 heterocycles. The molecule has 94 valence electrons. The van der Waals surface area contributed by atoms with Crippen molar-refractivity contribution in [1.29, 1.82) is 0 Å². The fraction of sp³-hybridized carbons (Fsp3) is 0.833. The predicted octanol–water partition coefficient (Wildman–Crippen LogP) is 2.47. The number of hydrogen-bond donors (Lipinski definition) is 0. The van der Waals surface area contributed by atoms with Crippen LogP contribution in [0, 0.1) is 5.92 Å². The summed E-state index contributed by atoms with van der Waals surface area (Å²) in [5.74, 6) is 0.360. The molecule has 0 aliphatic heterocycles. The topological polar surface area (TPSA) is 46.6 Å². The first-order chi connectivity index (χ1) is 7.26. The van der Waals surface area contributed by atoms with Crippen LogP contribution in [-0.2, 0) is 9.53 Å². The van der Waals surface area contributed by atoms with E-state index in [1.165, 1.54) is 0 Å². The van der Waals surface area contributed by atoms with Gasteiger partial charge < -0.3 is 14.4 Å². The highest BCUT2D eigenvalue weighted by Gasteiger charge is 2.22. The lowest BCUT2D eigenvalue weighted by molar-refractivity contribution is -0.108. The molecule has 0 spiro atoms. The molecule has 0 saturated heterocycles. The predicted molar refractivity (Wildman–Crippen MR) is 63.3 cm³/mol. The van der Waals surface area contributed by atoms with Gasteiger partial charge >= 0.3 is 6.09 Å². The van der Waals surface area contributed by atoms with Crippen LogP contribution in [0.25, 0.3) is 0 Å². The van der Waals surface area contributed by atoms with Gasteiger partial charge in [-0.15, -0.1) is 0 Å². The summed E-state index contributed by atoms with van der Waals surface area (Å²) in [5, 5.41) is 0. The standard InChI is InChI=1S/C12H23NO3/c1-10(2)9-13(7-6-8-14)11(15)16-12(3,4)5/h8,10H,6-7,9H2,1-5H3. The normalized spacial score (nSPS) is 11.4. The smallest absolute Gasteiger partial charge is 0.410 e. The van der Waals surface area contributed by atoms with Gasteiger partial charge in [-0.1, -0.05) is 13.8 Å². The number of ether oxygens (including phenoxy) is 1. The highest BCUT2D eigenvalue weighted by Crippen LogP contribution is 2.11. The zero-order valence-electron chi connectivity index (χ0n) is 10.9. The Morgan fingerprint density at radius 2 is 1.94 bits per heavy atom. The maximum absolute atomic E-state index is 11.8. The highest BCUT2D eigenvalue weighted by atomic mass is 16.6. The van der Waals surface area contributed by atoms with E-state index in [-0.39, 0.29) is 6.09 Å². The van der Waals surface area contributed by atoms with Gasteiger partial charge in [-0.25, -0.2) is 4.79 Å². The number of rotatable bonds is 5. The van der Waals surface area contributed by atoms with E-state index in [0.29, 0.717) is 25.4 Å². The van der Waals surface area contributed by atoms with E-state index in [1.807, 2.05) is 34.6 Å². The van der Waals surface area contributed by atoms with Crippen molar-refractivity contribution in [1.82, 2.24) is 4.90 Å². The van der Waals surface area contributed by atoms with Crippen molar-refractivity contribution >= 4 is 12.4 Å². The molecule has 0 N–H and O–H groups in total. The average molecular weight is 229 g/mol. The summed E-state index contributed by atoms with van der Waals surface area (Å²) in [5.41, 5.74) is -0.493. The van der Waals surface area contributed by atoms with Crippen LogP contribution in [0.15, 0.2) is 0 Å². The van der Waals surface area contributed by atoms with Crippen LogP contribution in [0.3, 0.4) is 0 Å². The number of nitrogens with zero attached hydrogens (tertiary/aromatic N) is 1. The molecule has 4 nitrogen and oxygen atoms in total. The summed E-state index contributed by atoms with van der Waals surface area (Å²) in [6.07, 6.45) is 0.826. The van der Waals surface area contributed by atoms with Crippen molar-refractivity contribution in [2.45, 2.75) is 46.6 Å². The maximum atomic E-state index is 11.8. The lowest BCUT2D eigenvalue weighted by Gasteiger charge is -2.28. The molecule has 0 aromatic heterocycles. The Kier molecular flexibility index (Phi) is 6.08. The molecule has 0 aromatic rings. The fourth-order valence-electron chi connectivity index (χ4n) is 1.23. The van der Waals surface area contributed by atoms with Gasteiger partial charge in [-0.2, -0.15) is 0 Å². The van der Waals surface area contributed by atoms with Crippen LogP contribution >= 0.6 is 0 Å². The highest BCUT2D eigenvalue weighted by molar-refractivity contribution is 5.68. The molecule has 0 unspecified atom stereocenters. The van der Waals surface area contributed by atoms with E-state index in [0.717, 1.165) is 6.29 Å². The summed E-state index contributed by atoms with van der Waals surface area (Å²) in [6.45, 7) is 10.6. The van der Waals surface area contributed by atoms with Crippen LogP contribution in [0.5, 0.6) is 0 Å². The summed E-state index contributed by atoms with van der Waals surface area (Å²) < 4.78 is 5.27. The van der Waals surface area contributed by atoms with E-state index in [9.17, 15) is 9.59 Å². The van der Waals surface area contributed by atoms with Gasteiger partial charge in [0, 0.05) is 19.5 Å². The molecule has 0 aliphatic carbocycles. The molecule has 0 radical (unpaired) electrons. The monoisotopic (exact) mass is 229 g/mol. The molecule has 1 amide bonds. The minimum atomic E-state index is -0.493. The molecular formula is C12H23NO3. The minimum Gasteiger partial charge on any atom is -0.444 e. The lowest BCUT2D eigenvalue weighted by Crippen LogP contribution is -2.39. The SMILES string of the molecule is CC(C)CN(CCC=O)C(=O)OC(C)(C)C. The third-order valence-electron chi connectivity index (χ3n) is 1.75. The van der Waals surface area contributed by atoms with Crippen molar-refractivity contribution in [2.24, 2.45) is 5.92 Å². The van der Waals surface area contributed by atoms with Gasteiger partial charge in [0.25, 0.3) is 0 Å². The van der Waals surface area contributed by atoms with Gasteiger partial charge in [-0.3, -0.25) is 0 Å². The second kappa shape index (κ2) is 6.51. The third-order valence-corrected chi connectivity index (χ3v) is 1.75. The Labute approximate surface area is 98.0 Å². The zero-order valence-corrected chi connectivity index (χ0v) is 10.9. The Balaban J connectivity index is 4.36. The Hall–Kier alpha value is -1.06. The first kappa shape index (κ1) is 14.9. The van der Waals surface area contributed by atoms with Crippen molar-refractivity contribution in [3.63, 3.8) is 0 Å². The largest absolute Gasteiger partial charge is 0.444 e. The number of hydrogen-bond acceptors (Lipinski definition) is 3. The molecule has 0 aromatic carbocycles. The maximum Gasteiger partial charge on any atom is 0.410 e. The van der Waals surface area contributed by atoms with Crippen LogP contribution < -0.4 is 0 Å². The summed E-state index contributed by atoms with van der Waals surface area (Å²) in [6, 6.07) is 0. The number of aldehydes is 1. The molecule has 0 aliphatic rings. The van der Waals surface area contributed by atoms with Crippen molar-refractivity contribution in [3.8, 4) is 0 Å². The first-order valence-corrected chi connectivity index (χ1v) is 5.68. The van der Waals surface area contributed by atoms with Crippen LogP contribution in [-0.4, -0.2) is 36.0 Å². The van der Waals surface area contributed by atoms with E-state index in [1.54, 1.807) is 4.90 Å². The van der Waals surface area contributed by atoms with E-state index in [4.69, 9.17) is 4.74 Å². The molecule has 0 saturated carbocycles. The van der Waals surface area contributed by atoms with Gasteiger partial charge in [0.05, 0.1) is 0 Å². The fourth-order valence-corrected chi connectivity index (χ4v) is 1.23. The quantitative estimate of drug-likeness (QED) is 0.680. The Bertz CT molecular complexity index is 231. The van der Waals surface area contributed by atoms with Gasteiger partial charge in [0.1, 0.15) is 11.9 Å². The van der Waals surface area contributed by atoms with Crippen molar-refractivity contribution in [3.05, 3.63) is 0 Å². The molecule has 16 heavy (non-hydrogen) atoms. The Morgan fingerprint density at radius 3 is 2.31 bits per heavy atom. The van der Waals surface area contributed by atoms with Crippen LogP contribution in [0.1, 0.15) is 41.0 Å². The number of amides is 1. The van der Waals surface area contributed by atoms with Crippen molar-refractivity contribution in [2.75, 3.05) is 13.1 Å². The molecule has 0 atom stereocenters. The first-order valence-electron chi connectivity index (χ1n) is 5.68. The summed E-state index contributed by atoms with van der Waals surface area (Å²) >= 11 is 0. The second-order valence-corrected chi connectivity index (χ2v) is 5.28. The second-order valence-electron chi connectivity index (χ2n) is 5.28. The third kappa shape index (κ3) is 7.26. The van der Waals surface area contributed by atoms with Crippen molar-refractivity contribution < 1.29 is 14.3 Å². The molecule has 4 heteroatoms. The van der Waals surface area contributed by atoms with Crippen LogP contribution in [0.4, 0.5) is 4.79 Å². The van der Waals surface area contributed by atoms with Crippen LogP contribution in [0.2, 0.25) is 0 Å². The van der Waals surface area contributed by atoms with E-state index < -0.39 is 5.60 Å². The van der Waals surface area contributed by atoms with Gasteiger partial charge in [-0.05, 0) is 26.7 Å². The minimum absolute atomic E-state index is 0.344. The molecular weight excluding hydrogens is 206 g/mol. The summed E-state index contributed by atoms with van der Waals surface area (Å²) in [7, 11) is 0. The summed E-state index contributed by atoms with van der Waals surface area (Å²) in [4.78, 5) is 23.7. The van der Waals surface area contributed by atoms with E-state index >= 15 is 0 Å². The Morgan fingerprint density at radius 1 is 1.38 bits per heavy atom. The number of carbonyl (C=O) groups excluding carboxylic acids is 2. The molecule has 0 fully saturated rings. The average Bonchev–Trinajstić information content (AvgIpc) is 2.08. The van der Waals surface area contributed by atoms with Gasteiger partial charge in [0.2, 0.25) is 0 Å². The van der Waals surface area contributed by atoms with Gasteiger partial charge in [0.15, 0.2) is 0 Å². The lowest BCUT2D eigenvalue weighted by atomic mass is 10.2. The zero-order chi connectivity index (χ0) is 12.8. The molecule has 0 rings (SSSR count). The number of carbonyl (C=O) groups is 2. The molecule has 0 bridgehead atoms.